The summed E-state index contributed by atoms with van der Waals surface area (Å²) in [6.07, 6.45) is 3.63. The highest BCUT2D eigenvalue weighted by atomic mass is 32.2. The highest BCUT2D eigenvalue weighted by molar-refractivity contribution is 7.92. The van der Waals surface area contributed by atoms with Gasteiger partial charge in [0.1, 0.15) is 5.69 Å². The van der Waals surface area contributed by atoms with Gasteiger partial charge >= 0.3 is 0 Å². The van der Waals surface area contributed by atoms with Crippen molar-refractivity contribution in [1.82, 2.24) is 10.5 Å². The van der Waals surface area contributed by atoms with Crippen LogP contribution in [0.25, 0.3) is 0 Å². The fourth-order valence-corrected chi connectivity index (χ4v) is 4.63. The Labute approximate surface area is 159 Å². The second-order valence-corrected chi connectivity index (χ2v) is 8.65. The molecule has 1 heterocycles. The second-order valence-electron chi connectivity index (χ2n) is 7.03. The minimum Gasteiger partial charge on any atom is -0.360 e. The normalized spacial score (nSPS) is 15.4. The molecular formula is C19H25N3O4S. The van der Waals surface area contributed by atoms with Gasteiger partial charge in [0.2, 0.25) is 5.91 Å². The number of nitrogens with one attached hydrogen (secondary N) is 2. The van der Waals surface area contributed by atoms with Crippen LogP contribution in [0.2, 0.25) is 0 Å². The minimum atomic E-state index is -3.78. The number of carbonyl (C=O) groups excluding carboxylic acids is 1. The first-order valence-corrected chi connectivity index (χ1v) is 10.6. The Morgan fingerprint density at radius 1 is 1.22 bits per heavy atom. The van der Waals surface area contributed by atoms with Crippen LogP contribution in [-0.4, -0.2) is 26.0 Å². The van der Waals surface area contributed by atoms with Crippen molar-refractivity contribution in [3.63, 3.8) is 0 Å². The first-order valence-electron chi connectivity index (χ1n) is 9.15. The van der Waals surface area contributed by atoms with Crippen LogP contribution in [-0.2, 0) is 20.2 Å². The molecule has 0 unspecified atom stereocenters. The monoisotopic (exact) mass is 391 g/mol. The molecule has 0 saturated heterocycles. The number of benzene rings is 1. The number of aromatic nitrogens is 1. The van der Waals surface area contributed by atoms with Crippen molar-refractivity contribution in [2.24, 2.45) is 0 Å². The molecule has 2 N–H and O–H groups in total. The summed E-state index contributed by atoms with van der Waals surface area (Å²) in [5.41, 5.74) is 1.20. The summed E-state index contributed by atoms with van der Waals surface area (Å²) in [6, 6.07) is 7.00. The van der Waals surface area contributed by atoms with Gasteiger partial charge in [0.05, 0.1) is 5.41 Å². The SMILES string of the molecule is CCCCNC(=O)C1(c2ccc(NS(=O)(=O)c3c(C)noc3C)cc2)CC1. The molecule has 3 rings (SSSR count). The van der Waals surface area contributed by atoms with Crippen molar-refractivity contribution in [3.8, 4) is 0 Å². The van der Waals surface area contributed by atoms with Crippen LogP contribution in [0.1, 0.15) is 49.6 Å². The summed E-state index contributed by atoms with van der Waals surface area (Å²) < 4.78 is 32.6. The van der Waals surface area contributed by atoms with Crippen LogP contribution in [0.3, 0.4) is 0 Å². The number of amides is 1. The maximum atomic E-state index is 12.6. The molecule has 27 heavy (non-hydrogen) atoms. The van der Waals surface area contributed by atoms with Crippen LogP contribution in [0.15, 0.2) is 33.7 Å². The molecule has 2 aromatic rings. The molecule has 1 aliphatic carbocycles. The van der Waals surface area contributed by atoms with E-state index in [1.165, 1.54) is 0 Å². The number of hydrogen-bond acceptors (Lipinski definition) is 5. The summed E-state index contributed by atoms with van der Waals surface area (Å²) in [6.45, 7) is 5.92. The molecule has 0 atom stereocenters. The fourth-order valence-electron chi connectivity index (χ4n) is 3.24. The average molecular weight is 391 g/mol. The molecule has 1 saturated carbocycles. The summed E-state index contributed by atoms with van der Waals surface area (Å²) in [7, 11) is -3.78. The largest absolute Gasteiger partial charge is 0.360 e. The van der Waals surface area contributed by atoms with Gasteiger partial charge in [0.25, 0.3) is 10.0 Å². The predicted molar refractivity (Wildman–Crippen MR) is 102 cm³/mol. The Balaban J connectivity index is 1.74. The molecule has 7 nitrogen and oxygen atoms in total. The molecular weight excluding hydrogens is 366 g/mol. The van der Waals surface area contributed by atoms with Crippen LogP contribution in [0.4, 0.5) is 5.69 Å². The van der Waals surface area contributed by atoms with Crippen LogP contribution >= 0.6 is 0 Å². The third-order valence-electron chi connectivity index (χ3n) is 4.93. The third-order valence-corrected chi connectivity index (χ3v) is 6.55. The molecule has 8 heteroatoms. The zero-order valence-electron chi connectivity index (χ0n) is 15.8. The van der Waals surface area contributed by atoms with Crippen LogP contribution in [0, 0.1) is 13.8 Å². The first kappa shape index (κ1) is 19.4. The van der Waals surface area contributed by atoms with Crippen LogP contribution < -0.4 is 10.0 Å². The minimum absolute atomic E-state index is 0.0556. The van der Waals surface area contributed by atoms with Gasteiger partial charge in [-0.25, -0.2) is 8.42 Å². The van der Waals surface area contributed by atoms with E-state index in [0.29, 0.717) is 17.9 Å². The van der Waals surface area contributed by atoms with Gasteiger partial charge in [0, 0.05) is 12.2 Å². The number of hydrogen-bond donors (Lipinski definition) is 2. The topological polar surface area (TPSA) is 101 Å². The van der Waals surface area contributed by atoms with Crippen molar-refractivity contribution >= 4 is 21.6 Å². The lowest BCUT2D eigenvalue weighted by Gasteiger charge is -2.16. The number of sulfonamides is 1. The number of anilines is 1. The average Bonchev–Trinajstić information content (AvgIpc) is 3.35. The van der Waals surface area contributed by atoms with E-state index < -0.39 is 15.4 Å². The quantitative estimate of drug-likeness (QED) is 0.674. The molecule has 0 aliphatic heterocycles. The number of nitrogens with zero attached hydrogens (tertiary/aromatic N) is 1. The fraction of sp³-hybridized carbons (Fsp3) is 0.474. The zero-order chi connectivity index (χ0) is 19.7. The maximum absolute atomic E-state index is 12.6. The van der Waals surface area contributed by atoms with Crippen molar-refractivity contribution in [1.29, 1.82) is 0 Å². The molecule has 0 bridgehead atoms. The van der Waals surface area contributed by atoms with E-state index in [0.717, 1.165) is 31.2 Å². The van der Waals surface area contributed by atoms with Gasteiger partial charge < -0.3 is 9.84 Å². The van der Waals surface area contributed by atoms with Crippen molar-refractivity contribution in [2.45, 2.75) is 56.8 Å². The molecule has 1 aromatic heterocycles. The summed E-state index contributed by atoms with van der Waals surface area (Å²) >= 11 is 0. The van der Waals surface area contributed by atoms with Gasteiger partial charge in [-0.2, -0.15) is 0 Å². The zero-order valence-corrected chi connectivity index (χ0v) is 16.6. The molecule has 1 amide bonds. The predicted octanol–water partition coefficient (Wildman–Crippen LogP) is 3.04. The Bertz CT molecular complexity index is 909. The smallest absolute Gasteiger partial charge is 0.267 e. The Morgan fingerprint density at radius 2 is 1.89 bits per heavy atom. The van der Waals surface area contributed by atoms with E-state index in [-0.39, 0.29) is 16.6 Å². The third kappa shape index (κ3) is 3.85. The second kappa shape index (κ2) is 7.34. The van der Waals surface area contributed by atoms with Crippen LogP contribution in [0.5, 0.6) is 0 Å². The summed E-state index contributed by atoms with van der Waals surface area (Å²) in [5, 5.41) is 6.69. The van der Waals surface area contributed by atoms with E-state index in [4.69, 9.17) is 4.52 Å². The lowest BCUT2D eigenvalue weighted by Crippen LogP contribution is -2.35. The Hall–Kier alpha value is -2.35. The van der Waals surface area contributed by atoms with E-state index >= 15 is 0 Å². The van der Waals surface area contributed by atoms with Gasteiger partial charge in [-0.3, -0.25) is 9.52 Å². The maximum Gasteiger partial charge on any atom is 0.267 e. The first-order chi connectivity index (χ1) is 12.8. The van der Waals surface area contributed by atoms with Crippen molar-refractivity contribution < 1.29 is 17.7 Å². The molecule has 0 spiro atoms. The highest BCUT2D eigenvalue weighted by Crippen LogP contribution is 2.48. The van der Waals surface area contributed by atoms with E-state index in [2.05, 4.69) is 22.1 Å². The standard InChI is InChI=1S/C19H25N3O4S/c1-4-5-12-20-18(23)19(10-11-19)15-6-8-16(9-7-15)22-27(24,25)17-13(2)21-26-14(17)3/h6-9,22H,4-5,10-12H2,1-3H3,(H,20,23). The van der Waals surface area contributed by atoms with E-state index in [1.54, 1.807) is 26.0 Å². The number of rotatable bonds is 8. The van der Waals surface area contributed by atoms with Gasteiger partial charge in [-0.15, -0.1) is 0 Å². The Kier molecular flexibility index (Phi) is 5.28. The number of aryl methyl sites for hydroxylation is 2. The molecule has 1 aliphatic rings. The van der Waals surface area contributed by atoms with Crippen molar-refractivity contribution in [2.75, 3.05) is 11.3 Å². The van der Waals surface area contributed by atoms with Gasteiger partial charge in [-0.05, 0) is 50.8 Å². The van der Waals surface area contributed by atoms with Crippen molar-refractivity contribution in [3.05, 3.63) is 41.3 Å². The molecule has 1 aromatic carbocycles. The molecule has 0 radical (unpaired) electrons. The highest BCUT2D eigenvalue weighted by Gasteiger charge is 2.51. The summed E-state index contributed by atoms with van der Waals surface area (Å²) in [4.78, 5) is 12.6. The van der Waals surface area contributed by atoms with E-state index in [1.807, 2.05) is 12.1 Å². The van der Waals surface area contributed by atoms with Gasteiger partial charge in [-0.1, -0.05) is 30.6 Å². The number of unbranched alkanes of at least 4 members (excludes halogenated alkanes) is 1. The number of carbonyl (C=O) groups is 1. The lowest BCUT2D eigenvalue weighted by atomic mass is 9.94. The summed E-state index contributed by atoms with van der Waals surface area (Å²) in [5.74, 6) is 0.303. The Morgan fingerprint density at radius 3 is 2.41 bits per heavy atom. The van der Waals surface area contributed by atoms with Gasteiger partial charge in [0.15, 0.2) is 10.7 Å². The lowest BCUT2D eigenvalue weighted by molar-refractivity contribution is -0.123. The molecule has 146 valence electrons. The molecule has 1 fully saturated rings. The van der Waals surface area contributed by atoms with E-state index in [9.17, 15) is 13.2 Å².